The van der Waals surface area contributed by atoms with Gasteiger partial charge in [-0.2, -0.15) is 0 Å². The van der Waals surface area contributed by atoms with Gasteiger partial charge in [0.25, 0.3) is 0 Å². The van der Waals surface area contributed by atoms with Crippen LogP contribution in [0.2, 0.25) is 0 Å². The van der Waals surface area contributed by atoms with Crippen LogP contribution in [0.25, 0.3) is 0 Å². The molecule has 0 heterocycles. The summed E-state index contributed by atoms with van der Waals surface area (Å²) in [6.45, 7) is 0. The number of phenolic OH excluding ortho intramolecular Hbond substituents is 2. The SMILES string of the molecule is COc1cc2c(c(O)c1O)C(=O)CC2O. The molecule has 0 amide bonds. The smallest absolute Gasteiger partial charge is 0.201 e. The predicted octanol–water partition coefficient (Wildman–Crippen LogP) is 0.726. The lowest BCUT2D eigenvalue weighted by molar-refractivity contribution is 0.0928. The summed E-state index contributed by atoms with van der Waals surface area (Å²) in [5, 5.41) is 28.5. The van der Waals surface area contributed by atoms with Crippen molar-refractivity contribution in [2.24, 2.45) is 0 Å². The topological polar surface area (TPSA) is 87.0 Å². The minimum atomic E-state index is -0.937. The third kappa shape index (κ3) is 1.24. The van der Waals surface area contributed by atoms with Crippen molar-refractivity contribution in [3.63, 3.8) is 0 Å². The second-order valence-corrected chi connectivity index (χ2v) is 3.38. The Morgan fingerprint density at radius 1 is 1.40 bits per heavy atom. The molecule has 15 heavy (non-hydrogen) atoms. The molecule has 1 aliphatic carbocycles. The minimum Gasteiger partial charge on any atom is -0.504 e. The van der Waals surface area contributed by atoms with Gasteiger partial charge in [0.2, 0.25) is 5.75 Å². The quantitative estimate of drug-likeness (QED) is 0.595. The number of hydrogen-bond acceptors (Lipinski definition) is 5. The molecule has 0 saturated carbocycles. The normalized spacial score (nSPS) is 19.1. The van der Waals surface area contributed by atoms with E-state index in [0.717, 1.165) is 0 Å². The molecule has 0 saturated heterocycles. The van der Waals surface area contributed by atoms with Crippen molar-refractivity contribution >= 4 is 5.78 Å². The van der Waals surface area contributed by atoms with Crippen LogP contribution in [-0.2, 0) is 0 Å². The monoisotopic (exact) mass is 210 g/mol. The van der Waals surface area contributed by atoms with Crippen LogP contribution in [0.3, 0.4) is 0 Å². The van der Waals surface area contributed by atoms with E-state index >= 15 is 0 Å². The van der Waals surface area contributed by atoms with Gasteiger partial charge in [-0.25, -0.2) is 0 Å². The summed E-state index contributed by atoms with van der Waals surface area (Å²) < 4.78 is 4.80. The molecule has 0 aromatic heterocycles. The Kier molecular flexibility index (Phi) is 2.04. The Labute approximate surface area is 85.5 Å². The van der Waals surface area contributed by atoms with Gasteiger partial charge in [-0.1, -0.05) is 0 Å². The van der Waals surface area contributed by atoms with Gasteiger partial charge in [0.1, 0.15) is 0 Å². The third-order valence-corrected chi connectivity index (χ3v) is 2.51. The standard InChI is InChI=1S/C10H10O5/c1-15-7-2-4-5(11)3-6(12)8(4)10(14)9(7)13/h2,5,11,13-14H,3H2,1H3. The number of hydrogen-bond donors (Lipinski definition) is 3. The Hall–Kier alpha value is -1.75. The van der Waals surface area contributed by atoms with Gasteiger partial charge in [-0.05, 0) is 11.6 Å². The number of benzene rings is 1. The van der Waals surface area contributed by atoms with E-state index in [1.807, 2.05) is 0 Å². The van der Waals surface area contributed by atoms with Crippen molar-refractivity contribution in [1.82, 2.24) is 0 Å². The highest BCUT2D eigenvalue weighted by atomic mass is 16.5. The number of Topliss-reactive ketones (excluding diaryl/α,β-unsaturated/α-hetero) is 1. The molecule has 0 fully saturated rings. The second kappa shape index (κ2) is 3.13. The van der Waals surface area contributed by atoms with E-state index in [4.69, 9.17) is 4.74 Å². The van der Waals surface area contributed by atoms with E-state index in [1.54, 1.807) is 0 Å². The average molecular weight is 210 g/mol. The molecule has 1 atom stereocenters. The van der Waals surface area contributed by atoms with Crippen molar-refractivity contribution < 1.29 is 24.9 Å². The third-order valence-electron chi connectivity index (χ3n) is 2.51. The van der Waals surface area contributed by atoms with Crippen molar-refractivity contribution in [1.29, 1.82) is 0 Å². The number of ketones is 1. The van der Waals surface area contributed by atoms with Crippen molar-refractivity contribution in [2.45, 2.75) is 12.5 Å². The van der Waals surface area contributed by atoms with E-state index in [0.29, 0.717) is 5.56 Å². The number of rotatable bonds is 1. The number of phenols is 2. The fourth-order valence-electron chi connectivity index (χ4n) is 1.75. The van der Waals surface area contributed by atoms with Gasteiger partial charge in [0.05, 0.1) is 18.8 Å². The van der Waals surface area contributed by atoms with E-state index < -0.39 is 17.6 Å². The summed E-state index contributed by atoms with van der Waals surface area (Å²) in [7, 11) is 1.32. The number of carbonyl (C=O) groups is 1. The first-order valence-electron chi connectivity index (χ1n) is 4.40. The van der Waals surface area contributed by atoms with E-state index in [1.165, 1.54) is 13.2 Å². The molecule has 3 N–H and O–H groups in total. The summed E-state index contributed by atoms with van der Waals surface area (Å²) in [5.41, 5.74) is 0.285. The first-order chi connectivity index (χ1) is 7.06. The Balaban J connectivity index is 2.71. The van der Waals surface area contributed by atoms with Crippen molar-refractivity contribution in [3.8, 4) is 17.2 Å². The van der Waals surface area contributed by atoms with Crippen molar-refractivity contribution in [3.05, 3.63) is 17.2 Å². The van der Waals surface area contributed by atoms with Crippen LogP contribution < -0.4 is 4.74 Å². The van der Waals surface area contributed by atoms with Gasteiger partial charge in [0, 0.05) is 6.42 Å². The number of carbonyl (C=O) groups excluding carboxylic acids is 1. The van der Waals surface area contributed by atoms with Crippen LogP contribution in [0, 0.1) is 0 Å². The Morgan fingerprint density at radius 2 is 2.07 bits per heavy atom. The first-order valence-corrected chi connectivity index (χ1v) is 4.40. The van der Waals surface area contributed by atoms with E-state index in [2.05, 4.69) is 0 Å². The zero-order chi connectivity index (χ0) is 11.2. The molecule has 1 unspecified atom stereocenters. The number of aliphatic hydroxyl groups is 1. The van der Waals surface area contributed by atoms with Gasteiger partial charge in [-0.3, -0.25) is 4.79 Å². The number of fused-ring (bicyclic) bond motifs is 1. The van der Waals surface area contributed by atoms with Gasteiger partial charge in [-0.15, -0.1) is 0 Å². The molecular formula is C10H10O5. The zero-order valence-electron chi connectivity index (χ0n) is 8.02. The van der Waals surface area contributed by atoms with Crippen LogP contribution in [0.4, 0.5) is 0 Å². The van der Waals surface area contributed by atoms with Gasteiger partial charge in [0.15, 0.2) is 17.3 Å². The van der Waals surface area contributed by atoms with Crippen LogP contribution in [0.5, 0.6) is 17.2 Å². The lowest BCUT2D eigenvalue weighted by Crippen LogP contribution is -1.94. The maximum Gasteiger partial charge on any atom is 0.201 e. The minimum absolute atomic E-state index is 0.0131. The highest BCUT2D eigenvalue weighted by molar-refractivity contribution is 6.04. The molecule has 2 rings (SSSR count). The molecule has 1 aromatic carbocycles. The van der Waals surface area contributed by atoms with Gasteiger partial charge < -0.3 is 20.1 Å². The number of methoxy groups -OCH3 is 1. The summed E-state index contributed by atoms with van der Waals surface area (Å²) >= 11 is 0. The second-order valence-electron chi connectivity index (χ2n) is 3.38. The molecule has 1 aromatic rings. The summed E-state index contributed by atoms with van der Waals surface area (Å²) in [6, 6.07) is 1.36. The molecular weight excluding hydrogens is 200 g/mol. The van der Waals surface area contributed by atoms with Crippen LogP contribution >= 0.6 is 0 Å². The maximum absolute atomic E-state index is 11.4. The maximum atomic E-state index is 11.4. The largest absolute Gasteiger partial charge is 0.504 e. The lowest BCUT2D eigenvalue weighted by atomic mass is 10.1. The van der Waals surface area contributed by atoms with Crippen LogP contribution in [0.1, 0.15) is 28.4 Å². The molecule has 5 heteroatoms. The van der Waals surface area contributed by atoms with E-state index in [-0.39, 0.29) is 23.5 Å². The van der Waals surface area contributed by atoms with Crippen molar-refractivity contribution in [2.75, 3.05) is 7.11 Å². The number of aromatic hydroxyl groups is 2. The Morgan fingerprint density at radius 3 is 2.67 bits per heavy atom. The molecule has 0 bridgehead atoms. The summed E-state index contributed by atoms with van der Waals surface area (Å²) in [5.74, 6) is -1.34. The molecule has 80 valence electrons. The average Bonchev–Trinajstić information content (AvgIpc) is 2.47. The number of ether oxygens (including phenoxy) is 1. The zero-order valence-corrected chi connectivity index (χ0v) is 8.02. The highest BCUT2D eigenvalue weighted by Crippen LogP contribution is 2.46. The molecule has 5 nitrogen and oxygen atoms in total. The molecule has 0 radical (unpaired) electrons. The van der Waals surface area contributed by atoms with Crippen LogP contribution in [0.15, 0.2) is 6.07 Å². The Bertz CT molecular complexity index is 438. The molecule has 0 spiro atoms. The highest BCUT2D eigenvalue weighted by Gasteiger charge is 2.33. The molecule has 1 aliphatic rings. The van der Waals surface area contributed by atoms with E-state index in [9.17, 15) is 20.1 Å². The fourth-order valence-corrected chi connectivity index (χ4v) is 1.75. The van der Waals surface area contributed by atoms with Crippen LogP contribution in [-0.4, -0.2) is 28.2 Å². The lowest BCUT2D eigenvalue weighted by Gasteiger charge is -2.10. The summed E-state index contributed by atoms with van der Waals surface area (Å²) in [6.07, 6.45) is -1.01. The number of aliphatic hydroxyl groups excluding tert-OH is 1. The summed E-state index contributed by atoms with van der Waals surface area (Å²) in [4.78, 5) is 11.4. The molecule has 0 aliphatic heterocycles. The first kappa shape index (κ1) is 9.79. The predicted molar refractivity (Wildman–Crippen MR) is 50.2 cm³/mol. The fraction of sp³-hybridized carbons (Fsp3) is 0.300. The van der Waals surface area contributed by atoms with Gasteiger partial charge >= 0.3 is 0 Å².